The highest BCUT2D eigenvalue weighted by atomic mass is 35.5. The molecule has 0 aliphatic rings. The van der Waals surface area contributed by atoms with Crippen LogP contribution in [-0.2, 0) is 22.6 Å². The zero-order chi connectivity index (χ0) is 18.3. The molecule has 5 heteroatoms. The second-order valence-corrected chi connectivity index (χ2v) is 7.12. The van der Waals surface area contributed by atoms with E-state index >= 15 is 0 Å². The lowest BCUT2D eigenvalue weighted by Gasteiger charge is -2.31. The summed E-state index contributed by atoms with van der Waals surface area (Å²) in [6.45, 7) is 6.14. The summed E-state index contributed by atoms with van der Waals surface area (Å²) in [5.74, 6) is 0.340. The Morgan fingerprint density at radius 2 is 1.92 bits per heavy atom. The van der Waals surface area contributed by atoms with Crippen LogP contribution >= 0.6 is 11.6 Å². The fraction of sp³-hybridized carbons (Fsp3) is 0.450. The number of rotatable bonds is 9. The fourth-order valence-electron chi connectivity index (χ4n) is 2.66. The molecule has 4 nitrogen and oxygen atoms in total. The van der Waals surface area contributed by atoms with Gasteiger partial charge in [0.2, 0.25) is 5.91 Å². The van der Waals surface area contributed by atoms with Crippen LogP contribution in [-0.4, -0.2) is 41.5 Å². The predicted molar refractivity (Wildman–Crippen MR) is 102 cm³/mol. The molecule has 1 aromatic carbocycles. The van der Waals surface area contributed by atoms with E-state index in [1.54, 1.807) is 7.11 Å². The molecular formula is C20H27ClN2O2. The quantitative estimate of drug-likeness (QED) is 0.636. The van der Waals surface area contributed by atoms with Gasteiger partial charge in [-0.15, -0.1) is 11.6 Å². The number of halogens is 1. The van der Waals surface area contributed by atoms with Crippen LogP contribution in [0.2, 0.25) is 0 Å². The molecule has 0 aliphatic heterocycles. The number of ether oxygens (including phenoxy) is 1. The maximum Gasteiger partial charge on any atom is 0.229 e. The zero-order valence-electron chi connectivity index (χ0n) is 15.2. The lowest BCUT2D eigenvalue weighted by molar-refractivity contribution is -0.140. The average Bonchev–Trinajstić information content (AvgIpc) is 3.05. The van der Waals surface area contributed by atoms with Crippen LogP contribution in [0.15, 0.2) is 48.7 Å². The number of alkyl halides is 1. The molecule has 136 valence electrons. The van der Waals surface area contributed by atoms with Gasteiger partial charge in [-0.05, 0) is 31.5 Å². The molecule has 1 aromatic heterocycles. The molecule has 2 rings (SSSR count). The van der Waals surface area contributed by atoms with Crippen LogP contribution in [0.4, 0.5) is 0 Å². The summed E-state index contributed by atoms with van der Waals surface area (Å²) in [7, 11) is 1.65. The molecule has 25 heavy (non-hydrogen) atoms. The van der Waals surface area contributed by atoms with E-state index in [4.69, 9.17) is 16.3 Å². The van der Waals surface area contributed by atoms with Crippen molar-refractivity contribution in [1.29, 1.82) is 0 Å². The largest absolute Gasteiger partial charge is 0.383 e. The normalized spacial score (nSPS) is 11.5. The smallest absolute Gasteiger partial charge is 0.229 e. The molecule has 2 aromatic rings. The average molecular weight is 363 g/mol. The standard InChI is InChI=1S/C20H27ClN2O2/c1-20(2,16-21)19(24)23(12-13-25-3)15-18-10-7-11-22(18)14-17-8-5-4-6-9-17/h4-11H,12-16H2,1-3H3. The third-order valence-corrected chi connectivity index (χ3v) is 4.91. The molecule has 0 aliphatic carbocycles. The number of methoxy groups -OCH3 is 1. The van der Waals surface area contributed by atoms with Crippen molar-refractivity contribution in [3.05, 3.63) is 59.9 Å². The van der Waals surface area contributed by atoms with Gasteiger partial charge in [-0.3, -0.25) is 4.79 Å². The molecule has 0 atom stereocenters. The summed E-state index contributed by atoms with van der Waals surface area (Å²) in [6, 6.07) is 14.4. The summed E-state index contributed by atoms with van der Waals surface area (Å²) >= 11 is 6.00. The van der Waals surface area contributed by atoms with E-state index in [9.17, 15) is 4.79 Å². The molecule has 0 unspecified atom stereocenters. The molecule has 1 heterocycles. The lowest BCUT2D eigenvalue weighted by atomic mass is 9.94. The maximum atomic E-state index is 12.9. The summed E-state index contributed by atoms with van der Waals surface area (Å²) in [5, 5.41) is 0. The molecule has 0 fully saturated rings. The van der Waals surface area contributed by atoms with Crippen LogP contribution in [0.5, 0.6) is 0 Å². The Hall–Kier alpha value is -1.78. The van der Waals surface area contributed by atoms with E-state index < -0.39 is 5.41 Å². The molecule has 0 bridgehead atoms. The molecule has 0 N–H and O–H groups in total. The Morgan fingerprint density at radius 3 is 2.56 bits per heavy atom. The van der Waals surface area contributed by atoms with Crippen LogP contribution < -0.4 is 0 Å². The summed E-state index contributed by atoms with van der Waals surface area (Å²) in [5.41, 5.74) is 1.74. The van der Waals surface area contributed by atoms with E-state index in [1.165, 1.54) is 5.56 Å². The lowest BCUT2D eigenvalue weighted by Crippen LogP contribution is -2.43. The van der Waals surface area contributed by atoms with Gasteiger partial charge in [0, 0.05) is 38.0 Å². The minimum Gasteiger partial charge on any atom is -0.383 e. The van der Waals surface area contributed by atoms with Crippen molar-refractivity contribution in [3.8, 4) is 0 Å². The highest BCUT2D eigenvalue weighted by Gasteiger charge is 2.31. The molecule has 0 radical (unpaired) electrons. The highest BCUT2D eigenvalue weighted by molar-refractivity contribution is 6.19. The van der Waals surface area contributed by atoms with E-state index in [1.807, 2.05) is 49.2 Å². The van der Waals surface area contributed by atoms with Crippen LogP contribution in [0.1, 0.15) is 25.1 Å². The van der Waals surface area contributed by atoms with E-state index in [-0.39, 0.29) is 5.91 Å². The summed E-state index contributed by atoms with van der Waals surface area (Å²) in [6.07, 6.45) is 2.05. The van der Waals surface area contributed by atoms with E-state index in [0.717, 1.165) is 12.2 Å². The summed E-state index contributed by atoms with van der Waals surface area (Å²) in [4.78, 5) is 14.7. The Labute approximate surface area is 155 Å². The van der Waals surface area contributed by atoms with Gasteiger partial charge in [-0.1, -0.05) is 30.3 Å². The third-order valence-electron chi connectivity index (χ3n) is 4.24. The van der Waals surface area contributed by atoms with Crippen LogP contribution in [0, 0.1) is 5.41 Å². The van der Waals surface area contributed by atoms with Gasteiger partial charge < -0.3 is 14.2 Å². The van der Waals surface area contributed by atoms with Crippen molar-refractivity contribution in [2.75, 3.05) is 26.1 Å². The first kappa shape index (κ1) is 19.5. The van der Waals surface area contributed by atoms with Crippen molar-refractivity contribution < 1.29 is 9.53 Å². The number of hydrogen-bond acceptors (Lipinski definition) is 2. The number of carbonyl (C=O) groups excluding carboxylic acids is 1. The number of aromatic nitrogens is 1. The number of benzene rings is 1. The van der Waals surface area contributed by atoms with Crippen molar-refractivity contribution >= 4 is 17.5 Å². The minimum atomic E-state index is -0.591. The molecule has 0 saturated carbocycles. The number of carbonyl (C=O) groups is 1. The van der Waals surface area contributed by atoms with E-state index in [0.29, 0.717) is 25.6 Å². The first-order valence-corrected chi connectivity index (χ1v) is 9.03. The molecule has 0 spiro atoms. The maximum absolute atomic E-state index is 12.9. The van der Waals surface area contributed by atoms with Gasteiger partial charge in [-0.2, -0.15) is 0 Å². The Morgan fingerprint density at radius 1 is 1.20 bits per heavy atom. The third kappa shape index (κ3) is 5.35. The van der Waals surface area contributed by atoms with Crippen LogP contribution in [0.25, 0.3) is 0 Å². The Bertz CT molecular complexity index is 667. The molecular weight excluding hydrogens is 336 g/mol. The SMILES string of the molecule is COCCN(Cc1cccn1Cc1ccccc1)C(=O)C(C)(C)CCl. The minimum absolute atomic E-state index is 0.0482. The predicted octanol–water partition coefficient (Wildman–Crippen LogP) is 3.78. The van der Waals surface area contributed by atoms with Gasteiger partial charge in [-0.25, -0.2) is 0 Å². The first-order chi connectivity index (χ1) is 12.0. The van der Waals surface area contributed by atoms with Gasteiger partial charge in [0.25, 0.3) is 0 Å². The fourth-order valence-corrected chi connectivity index (χ4v) is 2.78. The van der Waals surface area contributed by atoms with E-state index in [2.05, 4.69) is 22.8 Å². The van der Waals surface area contributed by atoms with Crippen molar-refractivity contribution in [2.45, 2.75) is 26.9 Å². The topological polar surface area (TPSA) is 34.5 Å². The second-order valence-electron chi connectivity index (χ2n) is 6.85. The first-order valence-electron chi connectivity index (χ1n) is 8.50. The monoisotopic (exact) mass is 362 g/mol. The Kier molecular flexibility index (Phi) is 7.09. The van der Waals surface area contributed by atoms with Gasteiger partial charge >= 0.3 is 0 Å². The van der Waals surface area contributed by atoms with Crippen molar-refractivity contribution in [1.82, 2.24) is 9.47 Å². The highest BCUT2D eigenvalue weighted by Crippen LogP contribution is 2.22. The number of nitrogens with zero attached hydrogens (tertiary/aromatic N) is 2. The van der Waals surface area contributed by atoms with Crippen molar-refractivity contribution in [2.24, 2.45) is 5.41 Å². The van der Waals surface area contributed by atoms with Crippen LogP contribution in [0.3, 0.4) is 0 Å². The molecule has 1 amide bonds. The Balaban J connectivity index is 2.16. The molecule has 0 saturated heterocycles. The number of hydrogen-bond donors (Lipinski definition) is 0. The van der Waals surface area contributed by atoms with Gasteiger partial charge in [0.05, 0.1) is 18.6 Å². The second kappa shape index (κ2) is 9.07. The number of amides is 1. The van der Waals surface area contributed by atoms with Gasteiger partial charge in [0.15, 0.2) is 0 Å². The van der Waals surface area contributed by atoms with Crippen molar-refractivity contribution in [3.63, 3.8) is 0 Å². The summed E-state index contributed by atoms with van der Waals surface area (Å²) < 4.78 is 7.36. The van der Waals surface area contributed by atoms with Gasteiger partial charge in [0.1, 0.15) is 0 Å². The zero-order valence-corrected chi connectivity index (χ0v) is 16.0.